The standard InChI is InChI=1S/C23H18N4O5/c28-21-18(12-7-13-20(21)27(31)32)15-24-26-23(30)19(14-16-8-3-1-4-9-16)25-22(29)17-10-5-2-6-11-17/h1-15,28H,(H,25,29)(H,26,30). The molecule has 0 aliphatic rings. The van der Waals surface area contributed by atoms with Crippen LogP contribution in [0, 0.1) is 10.1 Å². The van der Waals surface area contributed by atoms with Gasteiger partial charge in [-0.15, -0.1) is 0 Å². The van der Waals surface area contributed by atoms with Gasteiger partial charge in [0.15, 0.2) is 0 Å². The number of para-hydroxylation sites is 1. The fourth-order valence-electron chi connectivity index (χ4n) is 2.68. The number of nitrogens with zero attached hydrogens (tertiary/aromatic N) is 2. The van der Waals surface area contributed by atoms with Gasteiger partial charge in [0.25, 0.3) is 11.8 Å². The molecule has 3 aromatic carbocycles. The number of nitro benzene ring substituents is 1. The highest BCUT2D eigenvalue weighted by Crippen LogP contribution is 2.27. The van der Waals surface area contributed by atoms with Gasteiger partial charge in [0.2, 0.25) is 5.75 Å². The summed E-state index contributed by atoms with van der Waals surface area (Å²) in [5.74, 6) is -1.78. The van der Waals surface area contributed by atoms with Gasteiger partial charge >= 0.3 is 5.69 Å². The largest absolute Gasteiger partial charge is 0.502 e. The number of nitrogens with one attached hydrogen (secondary N) is 2. The van der Waals surface area contributed by atoms with E-state index in [-0.39, 0.29) is 11.3 Å². The lowest BCUT2D eigenvalue weighted by atomic mass is 10.1. The van der Waals surface area contributed by atoms with Gasteiger partial charge in [-0.2, -0.15) is 5.10 Å². The third kappa shape index (κ3) is 5.63. The molecule has 0 bridgehead atoms. The molecule has 0 atom stereocenters. The summed E-state index contributed by atoms with van der Waals surface area (Å²) < 4.78 is 0. The average Bonchev–Trinajstić information content (AvgIpc) is 2.80. The Morgan fingerprint density at radius 3 is 2.25 bits per heavy atom. The molecule has 9 nitrogen and oxygen atoms in total. The van der Waals surface area contributed by atoms with E-state index < -0.39 is 28.2 Å². The van der Waals surface area contributed by atoms with Gasteiger partial charge in [-0.05, 0) is 29.8 Å². The lowest BCUT2D eigenvalue weighted by Crippen LogP contribution is -2.32. The summed E-state index contributed by atoms with van der Waals surface area (Å²) in [4.78, 5) is 35.4. The lowest BCUT2D eigenvalue weighted by molar-refractivity contribution is -0.385. The third-order valence-corrected chi connectivity index (χ3v) is 4.25. The van der Waals surface area contributed by atoms with E-state index in [4.69, 9.17) is 0 Å². The predicted octanol–water partition coefficient (Wildman–Crippen LogP) is 3.22. The number of hydrogen-bond acceptors (Lipinski definition) is 6. The summed E-state index contributed by atoms with van der Waals surface area (Å²) in [5.41, 5.74) is 2.78. The molecule has 0 aromatic heterocycles. The first-order chi connectivity index (χ1) is 15.5. The van der Waals surface area contributed by atoms with Crippen molar-refractivity contribution in [2.24, 2.45) is 5.10 Å². The van der Waals surface area contributed by atoms with E-state index in [2.05, 4.69) is 15.8 Å². The summed E-state index contributed by atoms with van der Waals surface area (Å²) in [6.45, 7) is 0. The molecule has 0 spiro atoms. The number of benzene rings is 3. The number of hydrogen-bond donors (Lipinski definition) is 3. The molecule has 2 amide bonds. The van der Waals surface area contributed by atoms with Crippen molar-refractivity contribution in [1.82, 2.24) is 10.7 Å². The minimum Gasteiger partial charge on any atom is -0.502 e. The monoisotopic (exact) mass is 430 g/mol. The number of nitro groups is 1. The topological polar surface area (TPSA) is 134 Å². The highest BCUT2D eigenvalue weighted by Gasteiger charge is 2.16. The number of hydrazone groups is 1. The first-order valence-electron chi connectivity index (χ1n) is 9.38. The second-order valence-corrected chi connectivity index (χ2v) is 6.46. The van der Waals surface area contributed by atoms with Gasteiger partial charge in [-0.1, -0.05) is 54.6 Å². The van der Waals surface area contributed by atoms with E-state index >= 15 is 0 Å². The van der Waals surface area contributed by atoms with Crippen LogP contribution in [-0.4, -0.2) is 28.1 Å². The molecule has 32 heavy (non-hydrogen) atoms. The van der Waals surface area contributed by atoms with Crippen LogP contribution in [0.15, 0.2) is 89.7 Å². The van der Waals surface area contributed by atoms with Gasteiger partial charge in [0.05, 0.1) is 11.1 Å². The highest BCUT2D eigenvalue weighted by atomic mass is 16.6. The second kappa shape index (κ2) is 10.3. The Kier molecular flexibility index (Phi) is 7.05. The lowest BCUT2D eigenvalue weighted by Gasteiger charge is -2.09. The maximum absolute atomic E-state index is 12.7. The molecule has 9 heteroatoms. The van der Waals surface area contributed by atoms with E-state index in [9.17, 15) is 24.8 Å². The quantitative estimate of drug-likeness (QED) is 0.229. The van der Waals surface area contributed by atoms with Gasteiger partial charge in [0.1, 0.15) is 5.70 Å². The first-order valence-corrected chi connectivity index (χ1v) is 9.38. The van der Waals surface area contributed by atoms with Crippen molar-refractivity contribution in [1.29, 1.82) is 0 Å². The summed E-state index contributed by atoms with van der Waals surface area (Å²) in [5, 5.41) is 27.2. The van der Waals surface area contributed by atoms with Crippen LogP contribution in [0.4, 0.5) is 5.69 Å². The number of rotatable bonds is 7. The molecule has 0 fully saturated rings. The predicted molar refractivity (Wildman–Crippen MR) is 119 cm³/mol. The molecule has 0 unspecified atom stereocenters. The Bertz CT molecular complexity index is 1190. The van der Waals surface area contributed by atoms with E-state index in [1.165, 1.54) is 18.2 Å². The number of amides is 2. The number of aromatic hydroxyl groups is 1. The fraction of sp³-hybridized carbons (Fsp3) is 0. The fourth-order valence-corrected chi connectivity index (χ4v) is 2.68. The normalized spacial score (nSPS) is 11.2. The van der Waals surface area contributed by atoms with E-state index in [0.717, 1.165) is 12.3 Å². The second-order valence-electron chi connectivity index (χ2n) is 6.46. The van der Waals surface area contributed by atoms with Crippen LogP contribution < -0.4 is 10.7 Å². The zero-order valence-electron chi connectivity index (χ0n) is 16.6. The van der Waals surface area contributed by atoms with Crippen molar-refractivity contribution in [2.75, 3.05) is 0 Å². The zero-order valence-corrected chi connectivity index (χ0v) is 16.6. The van der Waals surface area contributed by atoms with Crippen LogP contribution >= 0.6 is 0 Å². The smallest absolute Gasteiger partial charge is 0.311 e. The molecule has 0 saturated carbocycles. The van der Waals surface area contributed by atoms with Crippen molar-refractivity contribution in [2.45, 2.75) is 0 Å². The van der Waals surface area contributed by atoms with Gasteiger partial charge in [-0.3, -0.25) is 19.7 Å². The van der Waals surface area contributed by atoms with Crippen LogP contribution in [0.1, 0.15) is 21.5 Å². The van der Waals surface area contributed by atoms with Crippen molar-refractivity contribution in [3.63, 3.8) is 0 Å². The van der Waals surface area contributed by atoms with Crippen molar-refractivity contribution >= 4 is 29.8 Å². The molecule has 3 aromatic rings. The molecule has 0 aliphatic carbocycles. The Hall–Kier alpha value is -4.79. The Balaban J connectivity index is 1.80. The van der Waals surface area contributed by atoms with Gasteiger partial charge in [0, 0.05) is 17.2 Å². The molecule has 0 heterocycles. The minimum absolute atomic E-state index is 0.0430. The molecule has 3 N–H and O–H groups in total. The van der Waals surface area contributed by atoms with Gasteiger partial charge < -0.3 is 10.4 Å². The zero-order chi connectivity index (χ0) is 22.9. The van der Waals surface area contributed by atoms with Crippen LogP contribution in [-0.2, 0) is 4.79 Å². The number of carbonyl (C=O) groups is 2. The highest BCUT2D eigenvalue weighted by molar-refractivity contribution is 6.05. The molecule has 160 valence electrons. The Morgan fingerprint density at radius 2 is 1.59 bits per heavy atom. The van der Waals surface area contributed by atoms with Crippen LogP contribution in [0.3, 0.4) is 0 Å². The van der Waals surface area contributed by atoms with Crippen molar-refractivity contribution in [3.8, 4) is 5.75 Å². The molecule has 0 saturated heterocycles. The summed E-state index contributed by atoms with van der Waals surface area (Å²) in [6, 6.07) is 21.2. The van der Waals surface area contributed by atoms with Crippen molar-refractivity contribution in [3.05, 3.63) is 111 Å². The Labute approximate surface area is 182 Å². The average molecular weight is 430 g/mol. The van der Waals surface area contributed by atoms with Crippen molar-refractivity contribution < 1.29 is 19.6 Å². The Morgan fingerprint density at radius 1 is 0.938 bits per heavy atom. The summed E-state index contributed by atoms with van der Waals surface area (Å²) >= 11 is 0. The van der Waals surface area contributed by atoms with Crippen LogP contribution in [0.25, 0.3) is 6.08 Å². The van der Waals surface area contributed by atoms with Crippen LogP contribution in [0.5, 0.6) is 5.75 Å². The molecular formula is C23H18N4O5. The number of phenols is 1. The number of carbonyl (C=O) groups excluding carboxylic acids is 2. The third-order valence-electron chi connectivity index (χ3n) is 4.25. The molecule has 0 aliphatic heterocycles. The maximum Gasteiger partial charge on any atom is 0.311 e. The van der Waals surface area contributed by atoms with E-state index in [1.54, 1.807) is 54.6 Å². The molecular weight excluding hydrogens is 412 g/mol. The van der Waals surface area contributed by atoms with E-state index in [1.807, 2.05) is 6.07 Å². The maximum atomic E-state index is 12.7. The molecule has 0 radical (unpaired) electrons. The number of phenolic OH excluding ortho intramolecular Hbond substituents is 1. The molecule has 3 rings (SSSR count). The van der Waals surface area contributed by atoms with Gasteiger partial charge in [-0.25, -0.2) is 5.43 Å². The first kappa shape index (κ1) is 21.9. The van der Waals surface area contributed by atoms with E-state index in [0.29, 0.717) is 11.1 Å². The van der Waals surface area contributed by atoms with Crippen LogP contribution in [0.2, 0.25) is 0 Å². The summed E-state index contributed by atoms with van der Waals surface area (Å²) in [6.07, 6.45) is 2.55. The summed E-state index contributed by atoms with van der Waals surface area (Å²) in [7, 11) is 0. The minimum atomic E-state index is -0.731. The SMILES string of the molecule is O=C(NN=Cc1cccc([N+](=O)[O-])c1O)C(=Cc1ccccc1)NC(=O)c1ccccc1.